The maximum absolute atomic E-state index is 10.9. The number of hydrogen-bond acceptors (Lipinski definition) is 2. The standard InChI is InChI=1S/C16H18NO.Li/c18-12-11-17(13-15-7-3-1-4-8-15)14-16-9-5-2-6-10-16;/h1-10H,11-14H2;/q-1;+1. The van der Waals surface area contributed by atoms with Crippen molar-refractivity contribution in [2.75, 3.05) is 13.2 Å². The summed E-state index contributed by atoms with van der Waals surface area (Å²) in [5.74, 6) is 0. The molecule has 0 aliphatic heterocycles. The minimum Gasteiger partial charge on any atom is -0.854 e. The summed E-state index contributed by atoms with van der Waals surface area (Å²) >= 11 is 0. The van der Waals surface area contributed by atoms with E-state index < -0.39 is 0 Å². The van der Waals surface area contributed by atoms with Crippen molar-refractivity contribution >= 4 is 0 Å². The normalized spacial score (nSPS) is 10.2. The van der Waals surface area contributed by atoms with Crippen LogP contribution in [-0.4, -0.2) is 18.1 Å². The summed E-state index contributed by atoms with van der Waals surface area (Å²) in [6, 6.07) is 20.6. The molecule has 0 aromatic heterocycles. The molecular formula is C16H18LiNO. The van der Waals surface area contributed by atoms with Gasteiger partial charge in [0.25, 0.3) is 0 Å². The zero-order valence-corrected chi connectivity index (χ0v) is 11.5. The summed E-state index contributed by atoms with van der Waals surface area (Å²) < 4.78 is 0. The Hall–Kier alpha value is -1.04. The minimum atomic E-state index is -0.0559. The molecule has 0 saturated heterocycles. The molecule has 2 aromatic rings. The van der Waals surface area contributed by atoms with E-state index in [1.165, 1.54) is 11.1 Å². The van der Waals surface area contributed by atoms with Gasteiger partial charge in [0.05, 0.1) is 0 Å². The Morgan fingerprint density at radius 1 is 0.737 bits per heavy atom. The van der Waals surface area contributed by atoms with E-state index in [0.717, 1.165) is 13.1 Å². The number of rotatable bonds is 6. The van der Waals surface area contributed by atoms with Crippen LogP contribution in [0.15, 0.2) is 60.7 Å². The van der Waals surface area contributed by atoms with E-state index in [4.69, 9.17) is 0 Å². The maximum atomic E-state index is 10.9. The van der Waals surface area contributed by atoms with Gasteiger partial charge in [0.1, 0.15) is 0 Å². The van der Waals surface area contributed by atoms with Crippen molar-refractivity contribution in [1.82, 2.24) is 4.90 Å². The summed E-state index contributed by atoms with van der Waals surface area (Å²) in [5.41, 5.74) is 2.50. The van der Waals surface area contributed by atoms with E-state index >= 15 is 0 Å². The summed E-state index contributed by atoms with van der Waals surface area (Å²) in [6.07, 6.45) is 0. The first kappa shape index (κ1) is 16.0. The van der Waals surface area contributed by atoms with E-state index in [9.17, 15) is 5.11 Å². The molecule has 0 bridgehead atoms. The Labute approximate surface area is 127 Å². The van der Waals surface area contributed by atoms with Crippen LogP contribution >= 0.6 is 0 Å². The van der Waals surface area contributed by atoms with Crippen molar-refractivity contribution in [1.29, 1.82) is 0 Å². The predicted octanol–water partition coefficient (Wildman–Crippen LogP) is -0.947. The minimum absolute atomic E-state index is 0. The molecule has 0 saturated carbocycles. The Morgan fingerprint density at radius 3 is 1.53 bits per heavy atom. The van der Waals surface area contributed by atoms with E-state index in [1.54, 1.807) is 0 Å². The summed E-state index contributed by atoms with van der Waals surface area (Å²) in [6.45, 7) is 2.19. The van der Waals surface area contributed by atoms with Crippen LogP contribution in [0.4, 0.5) is 0 Å². The quantitative estimate of drug-likeness (QED) is 0.615. The molecule has 0 spiro atoms. The van der Waals surface area contributed by atoms with Crippen LogP contribution < -0.4 is 24.0 Å². The average Bonchev–Trinajstić information content (AvgIpc) is 2.41. The Morgan fingerprint density at radius 2 is 1.16 bits per heavy atom. The molecule has 0 aliphatic carbocycles. The SMILES string of the molecule is [Li+].[O-]CCN(Cc1ccccc1)Cc1ccccc1. The van der Waals surface area contributed by atoms with Gasteiger partial charge in [-0.3, -0.25) is 4.90 Å². The van der Waals surface area contributed by atoms with Crippen LogP contribution in [0.3, 0.4) is 0 Å². The molecule has 0 fully saturated rings. The van der Waals surface area contributed by atoms with Gasteiger partial charge in [-0.2, -0.15) is 0 Å². The average molecular weight is 247 g/mol. The van der Waals surface area contributed by atoms with Crippen molar-refractivity contribution in [3.8, 4) is 0 Å². The molecule has 0 N–H and O–H groups in total. The van der Waals surface area contributed by atoms with Gasteiger partial charge in [0.15, 0.2) is 0 Å². The molecule has 0 atom stereocenters. The second-order valence-electron chi connectivity index (χ2n) is 4.39. The molecule has 0 amide bonds. The van der Waals surface area contributed by atoms with E-state index in [2.05, 4.69) is 29.2 Å². The molecule has 2 aromatic carbocycles. The monoisotopic (exact) mass is 247 g/mol. The first-order chi connectivity index (χ1) is 8.88. The number of benzene rings is 2. The summed E-state index contributed by atoms with van der Waals surface area (Å²) in [4.78, 5) is 2.19. The predicted molar refractivity (Wildman–Crippen MR) is 71.9 cm³/mol. The molecule has 3 heteroatoms. The Kier molecular flexibility index (Phi) is 7.55. The summed E-state index contributed by atoms with van der Waals surface area (Å²) in [5, 5.41) is 10.9. The van der Waals surface area contributed by atoms with Gasteiger partial charge in [-0.1, -0.05) is 60.7 Å². The van der Waals surface area contributed by atoms with Crippen molar-refractivity contribution in [2.45, 2.75) is 13.1 Å². The summed E-state index contributed by atoms with van der Waals surface area (Å²) in [7, 11) is 0. The van der Waals surface area contributed by atoms with Crippen molar-refractivity contribution in [2.24, 2.45) is 0 Å². The number of nitrogens with zero attached hydrogens (tertiary/aromatic N) is 1. The van der Waals surface area contributed by atoms with Gasteiger partial charge in [-0.05, 0) is 17.7 Å². The smallest absolute Gasteiger partial charge is 0.854 e. The van der Waals surface area contributed by atoms with E-state index in [0.29, 0.717) is 6.54 Å². The third kappa shape index (κ3) is 5.63. The van der Waals surface area contributed by atoms with Crippen LogP contribution in [0.2, 0.25) is 0 Å². The first-order valence-electron chi connectivity index (χ1n) is 6.27. The molecular weight excluding hydrogens is 229 g/mol. The van der Waals surface area contributed by atoms with Crippen molar-refractivity contribution < 1.29 is 24.0 Å². The Bertz CT molecular complexity index is 405. The topological polar surface area (TPSA) is 26.3 Å². The van der Waals surface area contributed by atoms with Crippen LogP contribution in [0, 0.1) is 0 Å². The molecule has 0 aliphatic rings. The van der Waals surface area contributed by atoms with Gasteiger partial charge < -0.3 is 5.11 Å². The largest absolute Gasteiger partial charge is 1.00 e. The van der Waals surface area contributed by atoms with Gasteiger partial charge in [0.2, 0.25) is 0 Å². The zero-order valence-electron chi connectivity index (χ0n) is 11.5. The molecule has 19 heavy (non-hydrogen) atoms. The van der Waals surface area contributed by atoms with Crippen molar-refractivity contribution in [3.05, 3.63) is 71.8 Å². The van der Waals surface area contributed by atoms with E-state index in [-0.39, 0.29) is 25.5 Å². The van der Waals surface area contributed by atoms with Crippen LogP contribution in [0.5, 0.6) is 0 Å². The molecule has 0 heterocycles. The van der Waals surface area contributed by atoms with Gasteiger partial charge >= 0.3 is 18.9 Å². The van der Waals surface area contributed by atoms with Gasteiger partial charge in [-0.25, -0.2) is 0 Å². The van der Waals surface area contributed by atoms with Gasteiger partial charge in [0, 0.05) is 13.1 Å². The van der Waals surface area contributed by atoms with Crippen molar-refractivity contribution in [3.63, 3.8) is 0 Å². The molecule has 2 rings (SSSR count). The molecule has 94 valence electrons. The Balaban J connectivity index is 0.00000180. The second-order valence-corrected chi connectivity index (χ2v) is 4.39. The van der Waals surface area contributed by atoms with Crippen LogP contribution in [0.1, 0.15) is 11.1 Å². The maximum Gasteiger partial charge on any atom is 1.00 e. The fourth-order valence-corrected chi connectivity index (χ4v) is 2.03. The fourth-order valence-electron chi connectivity index (χ4n) is 2.03. The first-order valence-corrected chi connectivity index (χ1v) is 6.27. The van der Waals surface area contributed by atoms with Crippen LogP contribution in [0.25, 0.3) is 0 Å². The number of hydrogen-bond donors (Lipinski definition) is 0. The molecule has 0 unspecified atom stereocenters. The van der Waals surface area contributed by atoms with Crippen LogP contribution in [-0.2, 0) is 13.1 Å². The van der Waals surface area contributed by atoms with E-state index in [1.807, 2.05) is 36.4 Å². The molecule has 2 nitrogen and oxygen atoms in total. The fraction of sp³-hybridized carbons (Fsp3) is 0.250. The zero-order chi connectivity index (χ0) is 12.6. The third-order valence-corrected chi connectivity index (χ3v) is 2.91. The second kappa shape index (κ2) is 8.96. The third-order valence-electron chi connectivity index (χ3n) is 2.91. The van der Waals surface area contributed by atoms with Gasteiger partial charge in [-0.15, -0.1) is 6.61 Å². The molecule has 0 radical (unpaired) electrons.